The SMILES string of the molecule is COc1cccc(N2C(=O)C3=C(C(=O)c4ccc5ccccc5n4)NN[C@@H]3C2=O)c1. The van der Waals surface area contributed by atoms with E-state index in [1.165, 1.54) is 7.11 Å². The molecule has 0 spiro atoms. The van der Waals surface area contributed by atoms with E-state index in [0.29, 0.717) is 17.0 Å². The van der Waals surface area contributed by atoms with Crippen molar-refractivity contribution in [3.05, 3.63) is 77.6 Å². The number of pyridine rings is 1. The van der Waals surface area contributed by atoms with E-state index < -0.39 is 23.6 Å². The first-order valence-electron chi connectivity index (χ1n) is 9.27. The van der Waals surface area contributed by atoms with Gasteiger partial charge in [-0.15, -0.1) is 0 Å². The van der Waals surface area contributed by atoms with Crippen LogP contribution in [0.5, 0.6) is 5.75 Å². The summed E-state index contributed by atoms with van der Waals surface area (Å²) in [5.41, 5.74) is 6.81. The molecule has 5 rings (SSSR count). The molecule has 148 valence electrons. The summed E-state index contributed by atoms with van der Waals surface area (Å²) in [5.74, 6) is -0.966. The Morgan fingerprint density at radius 2 is 1.90 bits per heavy atom. The minimum absolute atomic E-state index is 0.0338. The molecule has 2 aliphatic rings. The zero-order chi connectivity index (χ0) is 20.8. The number of carbonyl (C=O) groups is 3. The molecule has 2 amide bonds. The zero-order valence-electron chi connectivity index (χ0n) is 15.9. The first-order valence-corrected chi connectivity index (χ1v) is 9.27. The number of aromatic nitrogens is 1. The number of amides is 2. The van der Waals surface area contributed by atoms with Crippen molar-refractivity contribution in [3.63, 3.8) is 0 Å². The van der Waals surface area contributed by atoms with Gasteiger partial charge >= 0.3 is 0 Å². The monoisotopic (exact) mass is 400 g/mol. The average Bonchev–Trinajstić information content (AvgIpc) is 3.33. The van der Waals surface area contributed by atoms with E-state index in [1.54, 1.807) is 36.4 Å². The summed E-state index contributed by atoms with van der Waals surface area (Å²) in [6.07, 6.45) is 0. The normalized spacial score (nSPS) is 18.0. The van der Waals surface area contributed by atoms with Gasteiger partial charge < -0.3 is 10.2 Å². The Kier molecular flexibility index (Phi) is 4.07. The number of ether oxygens (including phenoxy) is 1. The van der Waals surface area contributed by atoms with Gasteiger partial charge in [0.15, 0.2) is 0 Å². The molecule has 3 aromatic rings. The second-order valence-corrected chi connectivity index (χ2v) is 6.89. The largest absolute Gasteiger partial charge is 0.497 e. The number of benzene rings is 2. The molecule has 1 atom stereocenters. The molecular weight excluding hydrogens is 384 g/mol. The summed E-state index contributed by atoms with van der Waals surface area (Å²) in [4.78, 5) is 44.5. The Hall–Kier alpha value is -4.04. The fourth-order valence-electron chi connectivity index (χ4n) is 3.69. The molecule has 1 fully saturated rings. The minimum atomic E-state index is -0.942. The number of fused-ring (bicyclic) bond motifs is 2. The van der Waals surface area contributed by atoms with Gasteiger partial charge in [0.05, 0.1) is 23.9 Å². The maximum absolute atomic E-state index is 13.1. The van der Waals surface area contributed by atoms with Gasteiger partial charge in [0.2, 0.25) is 5.78 Å². The maximum atomic E-state index is 13.1. The third-order valence-corrected chi connectivity index (χ3v) is 5.17. The van der Waals surface area contributed by atoms with Crippen molar-refractivity contribution >= 4 is 34.2 Å². The number of Topliss-reactive ketones (excluding diaryl/α,β-unsaturated/α-hetero) is 1. The highest BCUT2D eigenvalue weighted by molar-refractivity contribution is 6.33. The lowest BCUT2D eigenvalue weighted by atomic mass is 10.0. The van der Waals surface area contributed by atoms with E-state index in [-0.39, 0.29) is 17.0 Å². The standard InChI is InChI=1S/C22H16N4O4/c1-30-14-7-4-6-13(11-14)26-21(28)17-18(24-25-19(17)22(26)29)20(27)16-10-9-12-5-2-3-8-15(12)23-16/h2-11,19,24-25H,1H3/t19-/m0/s1. The number of para-hydroxylation sites is 1. The lowest BCUT2D eigenvalue weighted by Crippen LogP contribution is -2.42. The number of nitrogens with one attached hydrogen (secondary N) is 2. The van der Waals surface area contributed by atoms with Crippen LogP contribution in [0.1, 0.15) is 10.5 Å². The number of ketones is 1. The van der Waals surface area contributed by atoms with Gasteiger partial charge in [-0.2, -0.15) is 0 Å². The Morgan fingerprint density at radius 1 is 1.07 bits per heavy atom. The molecule has 1 saturated heterocycles. The fraction of sp³-hybridized carbons (Fsp3) is 0.0909. The summed E-state index contributed by atoms with van der Waals surface area (Å²) >= 11 is 0. The van der Waals surface area contributed by atoms with Crippen LogP contribution in [0.2, 0.25) is 0 Å². The van der Waals surface area contributed by atoms with E-state index in [9.17, 15) is 14.4 Å². The van der Waals surface area contributed by atoms with Gasteiger partial charge in [0.25, 0.3) is 11.8 Å². The molecule has 30 heavy (non-hydrogen) atoms. The first kappa shape index (κ1) is 18.0. The zero-order valence-corrected chi connectivity index (χ0v) is 15.9. The van der Waals surface area contributed by atoms with E-state index in [4.69, 9.17) is 4.74 Å². The number of methoxy groups -OCH3 is 1. The van der Waals surface area contributed by atoms with Crippen LogP contribution in [-0.2, 0) is 9.59 Å². The number of rotatable bonds is 4. The molecule has 0 bridgehead atoms. The van der Waals surface area contributed by atoms with Crippen LogP contribution >= 0.6 is 0 Å². The Balaban J connectivity index is 1.54. The van der Waals surface area contributed by atoms with Crippen molar-refractivity contribution in [1.82, 2.24) is 15.8 Å². The summed E-state index contributed by atoms with van der Waals surface area (Å²) < 4.78 is 5.18. The van der Waals surface area contributed by atoms with Crippen LogP contribution in [0.15, 0.2) is 71.9 Å². The molecule has 3 heterocycles. The highest BCUT2D eigenvalue weighted by Crippen LogP contribution is 2.32. The van der Waals surface area contributed by atoms with E-state index in [1.807, 2.05) is 24.3 Å². The molecule has 1 aromatic heterocycles. The molecule has 2 aromatic carbocycles. The summed E-state index contributed by atoms with van der Waals surface area (Å²) in [7, 11) is 1.50. The number of anilines is 1. The predicted octanol–water partition coefficient (Wildman–Crippen LogP) is 1.73. The number of imide groups is 1. The predicted molar refractivity (Wildman–Crippen MR) is 109 cm³/mol. The number of hydrogen-bond acceptors (Lipinski definition) is 7. The quantitative estimate of drug-likeness (QED) is 0.508. The van der Waals surface area contributed by atoms with Crippen molar-refractivity contribution < 1.29 is 19.1 Å². The highest BCUT2D eigenvalue weighted by atomic mass is 16.5. The second kappa shape index (κ2) is 6.78. The smallest absolute Gasteiger partial charge is 0.265 e. The van der Waals surface area contributed by atoms with Crippen LogP contribution in [0.4, 0.5) is 5.69 Å². The van der Waals surface area contributed by atoms with Crippen LogP contribution in [0.25, 0.3) is 10.9 Å². The summed E-state index contributed by atoms with van der Waals surface area (Å²) in [5, 5.41) is 0.901. The molecular formula is C22H16N4O4. The topological polar surface area (TPSA) is 101 Å². The van der Waals surface area contributed by atoms with Crippen molar-refractivity contribution in [2.45, 2.75) is 6.04 Å². The molecule has 2 aliphatic heterocycles. The fourth-order valence-corrected chi connectivity index (χ4v) is 3.69. The van der Waals surface area contributed by atoms with Crippen molar-refractivity contribution in [3.8, 4) is 5.75 Å². The van der Waals surface area contributed by atoms with E-state index >= 15 is 0 Å². The third kappa shape index (κ3) is 2.66. The lowest BCUT2D eigenvalue weighted by Gasteiger charge is -2.16. The maximum Gasteiger partial charge on any atom is 0.265 e. The van der Waals surface area contributed by atoms with Gasteiger partial charge in [0.1, 0.15) is 23.2 Å². The Morgan fingerprint density at radius 3 is 2.73 bits per heavy atom. The van der Waals surface area contributed by atoms with Crippen LogP contribution in [0.3, 0.4) is 0 Å². The number of nitrogens with zero attached hydrogens (tertiary/aromatic N) is 2. The molecule has 0 unspecified atom stereocenters. The van der Waals surface area contributed by atoms with E-state index in [0.717, 1.165) is 10.3 Å². The number of allylic oxidation sites excluding steroid dienone is 1. The van der Waals surface area contributed by atoms with Crippen molar-refractivity contribution in [1.29, 1.82) is 0 Å². The van der Waals surface area contributed by atoms with E-state index in [2.05, 4.69) is 15.8 Å². The van der Waals surface area contributed by atoms with Gasteiger partial charge in [-0.25, -0.2) is 15.3 Å². The summed E-state index contributed by atoms with van der Waals surface area (Å²) in [6, 6.07) is 16.5. The van der Waals surface area contributed by atoms with Crippen LogP contribution in [-0.4, -0.2) is 35.7 Å². The average molecular weight is 400 g/mol. The highest BCUT2D eigenvalue weighted by Gasteiger charge is 2.50. The number of carbonyl (C=O) groups excluding carboxylic acids is 3. The minimum Gasteiger partial charge on any atom is -0.497 e. The Labute approximate surface area is 171 Å². The number of hydrogen-bond donors (Lipinski definition) is 2. The lowest BCUT2D eigenvalue weighted by molar-refractivity contribution is -0.121. The van der Waals surface area contributed by atoms with Crippen LogP contribution in [0, 0.1) is 0 Å². The Bertz CT molecular complexity index is 1270. The first-order chi connectivity index (χ1) is 14.6. The molecule has 0 radical (unpaired) electrons. The third-order valence-electron chi connectivity index (χ3n) is 5.17. The molecule has 2 N–H and O–H groups in total. The van der Waals surface area contributed by atoms with Gasteiger partial charge in [-0.1, -0.05) is 30.3 Å². The van der Waals surface area contributed by atoms with Crippen molar-refractivity contribution in [2.24, 2.45) is 0 Å². The van der Waals surface area contributed by atoms with Crippen LogP contribution < -0.4 is 20.5 Å². The van der Waals surface area contributed by atoms with Gasteiger partial charge in [-0.3, -0.25) is 14.4 Å². The van der Waals surface area contributed by atoms with Gasteiger partial charge in [0, 0.05) is 11.5 Å². The molecule has 0 aliphatic carbocycles. The van der Waals surface area contributed by atoms with Crippen molar-refractivity contribution in [2.75, 3.05) is 12.0 Å². The molecule has 8 nitrogen and oxygen atoms in total. The number of hydrazine groups is 1. The van der Waals surface area contributed by atoms with Gasteiger partial charge in [-0.05, 0) is 24.3 Å². The summed E-state index contributed by atoms with van der Waals surface area (Å²) in [6.45, 7) is 0. The second-order valence-electron chi connectivity index (χ2n) is 6.89. The molecule has 8 heteroatoms. The molecule has 0 saturated carbocycles.